The van der Waals surface area contributed by atoms with Crippen LogP contribution in [0, 0.1) is 0 Å². The van der Waals surface area contributed by atoms with E-state index in [1.165, 1.54) is 23.6 Å². The van der Waals surface area contributed by atoms with Gasteiger partial charge < -0.3 is 20.1 Å². The lowest BCUT2D eigenvalue weighted by Gasteiger charge is -2.52. The first kappa shape index (κ1) is 23.1. The number of rotatable bonds is 7. The van der Waals surface area contributed by atoms with E-state index in [2.05, 4.69) is 5.32 Å². The number of hydrogen-bond acceptors (Lipinski definition) is 6. The van der Waals surface area contributed by atoms with Crippen LogP contribution in [0.5, 0.6) is 0 Å². The van der Waals surface area contributed by atoms with Crippen molar-refractivity contribution < 1.29 is 24.2 Å². The molecule has 1 saturated heterocycles. The lowest BCUT2D eigenvalue weighted by atomic mass is 9.93. The molecule has 7 nitrogen and oxygen atoms in total. The molecule has 4 rings (SSSR count). The van der Waals surface area contributed by atoms with Gasteiger partial charge in [0.15, 0.2) is 12.1 Å². The largest absolute Gasteiger partial charge is 0.451 e. The Bertz CT molecular complexity index is 1020. The van der Waals surface area contributed by atoms with E-state index >= 15 is 0 Å². The van der Waals surface area contributed by atoms with Gasteiger partial charge in [-0.2, -0.15) is 0 Å². The van der Waals surface area contributed by atoms with Gasteiger partial charge in [0.25, 0.3) is 0 Å². The number of carbonyl (C=O) groups excluding carboxylic acids is 3. The van der Waals surface area contributed by atoms with Crippen molar-refractivity contribution in [2.45, 2.75) is 49.9 Å². The molecule has 2 N–H and O–H groups in total. The Morgan fingerprint density at radius 1 is 1.09 bits per heavy atom. The number of amides is 2. The predicted molar refractivity (Wildman–Crippen MR) is 125 cm³/mol. The van der Waals surface area contributed by atoms with Crippen molar-refractivity contribution >= 4 is 29.5 Å². The van der Waals surface area contributed by atoms with Gasteiger partial charge in [-0.3, -0.25) is 9.59 Å². The Morgan fingerprint density at radius 2 is 1.67 bits per heavy atom. The van der Waals surface area contributed by atoms with E-state index in [0.717, 1.165) is 11.1 Å². The normalized spacial score (nSPS) is 22.7. The first-order valence-corrected chi connectivity index (χ1v) is 11.8. The highest BCUT2D eigenvalue weighted by Gasteiger charge is 2.56. The maximum Gasteiger partial charge on any atom is 0.334 e. The molecule has 4 atom stereocenters. The quantitative estimate of drug-likeness (QED) is 0.481. The van der Waals surface area contributed by atoms with E-state index in [1.807, 2.05) is 60.7 Å². The van der Waals surface area contributed by atoms with Crippen molar-refractivity contribution in [3.05, 3.63) is 82.8 Å². The zero-order chi connectivity index (χ0) is 23.5. The number of nitrogens with zero attached hydrogens (tertiary/aromatic N) is 1. The predicted octanol–water partition coefficient (Wildman–Crippen LogP) is 2.76. The van der Waals surface area contributed by atoms with Crippen LogP contribution >= 0.6 is 11.8 Å². The highest BCUT2D eigenvalue weighted by atomic mass is 32.2. The number of nitrogens with one attached hydrogen (secondary N) is 1. The summed E-state index contributed by atoms with van der Waals surface area (Å²) in [6, 6.07) is 17.0. The van der Waals surface area contributed by atoms with Crippen molar-refractivity contribution in [1.82, 2.24) is 10.2 Å². The summed E-state index contributed by atoms with van der Waals surface area (Å²) in [5.41, 5.74) is 2.02. The number of aliphatic hydroxyl groups excluding tert-OH is 1. The molecule has 3 unspecified atom stereocenters. The van der Waals surface area contributed by atoms with Gasteiger partial charge in [0.05, 0.1) is 6.10 Å². The minimum atomic E-state index is -1.06. The van der Waals surface area contributed by atoms with Crippen LogP contribution in [0.1, 0.15) is 37.5 Å². The number of thioether (sulfide) groups is 1. The summed E-state index contributed by atoms with van der Waals surface area (Å²) < 4.78 is 6.02. The highest BCUT2D eigenvalue weighted by Crippen LogP contribution is 2.42. The molecule has 2 heterocycles. The van der Waals surface area contributed by atoms with E-state index in [1.54, 1.807) is 12.3 Å². The van der Waals surface area contributed by atoms with Crippen molar-refractivity contribution in [3.63, 3.8) is 0 Å². The molecule has 0 spiro atoms. The highest BCUT2D eigenvalue weighted by molar-refractivity contribution is 8.03. The fourth-order valence-electron chi connectivity index (χ4n) is 4.14. The minimum Gasteiger partial charge on any atom is -0.451 e. The summed E-state index contributed by atoms with van der Waals surface area (Å²) in [5, 5.41) is 14.5. The number of benzene rings is 2. The number of hydrogen-bond donors (Lipinski definition) is 2. The van der Waals surface area contributed by atoms with Crippen molar-refractivity contribution in [3.8, 4) is 0 Å². The van der Waals surface area contributed by atoms with Gasteiger partial charge in [-0.15, -0.1) is 11.8 Å². The van der Waals surface area contributed by atoms with Gasteiger partial charge in [0.2, 0.25) is 11.8 Å². The average Bonchev–Trinajstić information content (AvgIpc) is 2.85. The summed E-state index contributed by atoms with van der Waals surface area (Å²) in [6.45, 7) is 3.15. The molecular formula is C25H26N2O5S. The topological polar surface area (TPSA) is 95.9 Å². The molecule has 0 aliphatic carbocycles. The first-order chi connectivity index (χ1) is 15.9. The summed E-state index contributed by atoms with van der Waals surface area (Å²) in [6.07, 6.45) is -1.18. The van der Waals surface area contributed by atoms with E-state index < -0.39 is 35.6 Å². The van der Waals surface area contributed by atoms with E-state index in [0.29, 0.717) is 12.0 Å². The zero-order valence-corrected chi connectivity index (χ0v) is 19.2. The molecule has 0 aromatic heterocycles. The zero-order valence-electron chi connectivity index (χ0n) is 18.4. The lowest BCUT2D eigenvalue weighted by molar-refractivity contribution is -0.166. The molecule has 2 aliphatic rings. The summed E-state index contributed by atoms with van der Waals surface area (Å²) in [7, 11) is 0. The molecule has 0 saturated carbocycles. The van der Waals surface area contributed by atoms with Gasteiger partial charge in [-0.05, 0) is 28.5 Å². The van der Waals surface area contributed by atoms with E-state index in [9.17, 15) is 19.5 Å². The van der Waals surface area contributed by atoms with E-state index in [4.69, 9.17) is 4.74 Å². The number of esters is 1. The standard InChI is InChI=1S/C25H26N2O5S/c1-3-19(29)18-14-33-24-20(26-15(2)28)23(30)27(24)21(18)25(31)32-22(16-10-6-4-7-11-16)17-12-8-5-9-13-17/h4-14,19-22,24,29H,3H2,1-2H3,(H,26,28)/t19?,20?,21?,24-/m1/s1. The molecule has 2 aromatic carbocycles. The number of aliphatic hydroxyl groups is 1. The van der Waals surface area contributed by atoms with Crippen LogP contribution < -0.4 is 5.32 Å². The smallest absolute Gasteiger partial charge is 0.334 e. The monoisotopic (exact) mass is 466 g/mol. The number of ether oxygens (including phenoxy) is 1. The summed E-state index contributed by atoms with van der Waals surface area (Å²) in [5.74, 6) is -1.30. The second kappa shape index (κ2) is 9.80. The van der Waals surface area contributed by atoms with Gasteiger partial charge in [0.1, 0.15) is 11.4 Å². The summed E-state index contributed by atoms with van der Waals surface area (Å²) in [4.78, 5) is 39.4. The maximum atomic E-state index is 13.6. The van der Waals surface area contributed by atoms with Gasteiger partial charge in [-0.25, -0.2) is 4.79 Å². The Balaban J connectivity index is 1.66. The van der Waals surface area contributed by atoms with Crippen LogP contribution in [0.2, 0.25) is 0 Å². The Kier molecular flexibility index (Phi) is 6.85. The Labute approximate surface area is 196 Å². The van der Waals surface area contributed by atoms with Crippen LogP contribution in [0.15, 0.2) is 71.6 Å². The van der Waals surface area contributed by atoms with Crippen molar-refractivity contribution in [1.29, 1.82) is 0 Å². The Morgan fingerprint density at radius 3 is 2.18 bits per heavy atom. The van der Waals surface area contributed by atoms with Crippen LogP contribution in [0.25, 0.3) is 0 Å². The summed E-state index contributed by atoms with van der Waals surface area (Å²) >= 11 is 1.31. The maximum absolute atomic E-state index is 13.6. The van der Waals surface area contributed by atoms with Crippen LogP contribution in [-0.2, 0) is 19.1 Å². The molecule has 2 aromatic rings. The second-order valence-corrected chi connectivity index (χ2v) is 9.02. The molecule has 1 fully saturated rings. The molecule has 0 radical (unpaired) electrons. The fraction of sp³-hybridized carbons (Fsp3) is 0.320. The van der Waals surface area contributed by atoms with E-state index in [-0.39, 0.29) is 11.8 Å². The third-order valence-electron chi connectivity index (χ3n) is 5.81. The van der Waals surface area contributed by atoms with Gasteiger partial charge >= 0.3 is 5.97 Å². The number of fused-ring (bicyclic) bond motifs is 1. The molecular weight excluding hydrogens is 440 g/mol. The molecule has 2 amide bonds. The lowest BCUT2D eigenvalue weighted by Crippen LogP contribution is -2.74. The van der Waals surface area contributed by atoms with Crippen molar-refractivity contribution in [2.24, 2.45) is 0 Å². The first-order valence-electron chi connectivity index (χ1n) is 10.9. The van der Waals surface area contributed by atoms with Gasteiger partial charge in [0, 0.05) is 6.92 Å². The fourth-order valence-corrected chi connectivity index (χ4v) is 5.42. The second-order valence-electron chi connectivity index (χ2n) is 8.03. The van der Waals surface area contributed by atoms with Gasteiger partial charge in [-0.1, -0.05) is 67.6 Å². The average molecular weight is 467 g/mol. The number of β-lactam (4-membered cyclic amide) rings is 1. The van der Waals surface area contributed by atoms with Crippen LogP contribution in [0.3, 0.4) is 0 Å². The van der Waals surface area contributed by atoms with Crippen LogP contribution in [0.4, 0.5) is 0 Å². The SMILES string of the molecule is CCC(O)C1=CS[C@@H]2C(NC(C)=O)C(=O)N2C1C(=O)OC(c1ccccc1)c1ccccc1. The number of carbonyl (C=O) groups is 3. The molecule has 8 heteroatoms. The molecule has 33 heavy (non-hydrogen) atoms. The third-order valence-corrected chi connectivity index (χ3v) is 7.00. The Hall–Kier alpha value is -3.10. The molecule has 172 valence electrons. The molecule has 2 aliphatic heterocycles. The molecule has 0 bridgehead atoms. The minimum absolute atomic E-state index is 0.315. The van der Waals surface area contributed by atoms with Crippen LogP contribution in [-0.4, -0.2) is 51.4 Å². The third kappa shape index (κ3) is 4.54. The van der Waals surface area contributed by atoms with Crippen molar-refractivity contribution in [2.75, 3.05) is 0 Å².